The van der Waals surface area contributed by atoms with Gasteiger partial charge >= 0.3 is 0 Å². The second-order valence-electron chi connectivity index (χ2n) is 5.62. The zero-order chi connectivity index (χ0) is 18.1. The Kier molecular flexibility index (Phi) is 5.11. The van der Waals surface area contributed by atoms with Crippen molar-refractivity contribution in [3.05, 3.63) is 51.5 Å². The van der Waals surface area contributed by atoms with E-state index in [4.69, 9.17) is 21.1 Å². The van der Waals surface area contributed by atoms with E-state index in [0.29, 0.717) is 16.5 Å². The van der Waals surface area contributed by atoms with Gasteiger partial charge in [-0.2, -0.15) is 0 Å². The highest BCUT2D eigenvalue weighted by atomic mass is 79.9. The number of ether oxygens (including phenoxy) is 2. The van der Waals surface area contributed by atoms with Crippen LogP contribution in [-0.2, 0) is 12.3 Å². The predicted molar refractivity (Wildman–Crippen MR) is 106 cm³/mol. The van der Waals surface area contributed by atoms with Gasteiger partial charge in [-0.25, -0.2) is 0 Å². The van der Waals surface area contributed by atoms with Crippen LogP contribution in [0.25, 0.3) is 11.4 Å². The molecule has 0 unspecified atom stereocenters. The summed E-state index contributed by atoms with van der Waals surface area (Å²) in [5, 5.41) is 10.3. The maximum absolute atomic E-state index is 6.37. The van der Waals surface area contributed by atoms with E-state index in [1.165, 1.54) is 0 Å². The second-order valence-corrected chi connectivity index (χ2v) is 7.82. The summed E-state index contributed by atoms with van der Waals surface area (Å²) in [4.78, 5) is 0. The molecule has 26 heavy (non-hydrogen) atoms. The van der Waals surface area contributed by atoms with E-state index in [9.17, 15) is 0 Å². The van der Waals surface area contributed by atoms with Crippen molar-refractivity contribution in [1.29, 1.82) is 0 Å². The lowest BCUT2D eigenvalue weighted by Crippen LogP contribution is -2.00. The molecule has 0 fully saturated rings. The molecule has 0 amide bonds. The highest BCUT2D eigenvalue weighted by Crippen LogP contribution is 2.39. The normalized spacial score (nSPS) is 12.6. The Hall–Kier alpha value is -1.70. The summed E-state index contributed by atoms with van der Waals surface area (Å²) in [5.41, 5.74) is 2.00. The molecule has 0 bridgehead atoms. The smallest absolute Gasteiger partial charge is 0.231 e. The zero-order valence-electron chi connectivity index (χ0n) is 13.9. The Labute approximate surface area is 168 Å². The monoisotopic (exact) mass is 451 g/mol. The van der Waals surface area contributed by atoms with E-state index in [0.717, 1.165) is 38.9 Å². The molecule has 4 rings (SSSR count). The highest BCUT2D eigenvalue weighted by molar-refractivity contribution is 9.10. The number of rotatable bonds is 5. The van der Waals surface area contributed by atoms with Gasteiger partial charge in [0.1, 0.15) is 0 Å². The van der Waals surface area contributed by atoms with E-state index in [1.807, 2.05) is 30.3 Å². The molecule has 0 radical (unpaired) electrons. The third-order valence-electron chi connectivity index (χ3n) is 4.05. The lowest BCUT2D eigenvalue weighted by atomic mass is 10.2. The van der Waals surface area contributed by atoms with Crippen LogP contribution in [-0.4, -0.2) is 21.6 Å². The molecule has 1 aromatic heterocycles. The quantitative estimate of drug-likeness (QED) is 0.485. The number of halogens is 2. The van der Waals surface area contributed by atoms with Crippen molar-refractivity contribution in [3.63, 3.8) is 0 Å². The first kappa shape index (κ1) is 17.7. The topological polar surface area (TPSA) is 49.2 Å². The minimum atomic E-state index is 0.238. The Balaban J connectivity index is 1.59. The molecule has 5 nitrogen and oxygen atoms in total. The molecule has 0 aliphatic carbocycles. The minimum Gasteiger partial charge on any atom is -0.454 e. The fourth-order valence-corrected chi connectivity index (χ4v) is 4.49. The number of thioether (sulfide) groups is 1. The van der Waals surface area contributed by atoms with Crippen molar-refractivity contribution >= 4 is 39.3 Å². The Bertz CT molecular complexity index is 964. The van der Waals surface area contributed by atoms with Crippen molar-refractivity contribution in [2.75, 3.05) is 6.79 Å². The highest BCUT2D eigenvalue weighted by Gasteiger charge is 2.19. The summed E-state index contributed by atoms with van der Waals surface area (Å²) < 4.78 is 13.9. The molecule has 0 N–H and O–H groups in total. The third kappa shape index (κ3) is 3.31. The van der Waals surface area contributed by atoms with Gasteiger partial charge in [0.2, 0.25) is 6.79 Å². The van der Waals surface area contributed by atoms with Crippen LogP contribution in [0.5, 0.6) is 11.5 Å². The zero-order valence-corrected chi connectivity index (χ0v) is 17.1. The summed E-state index contributed by atoms with van der Waals surface area (Å²) in [6.07, 6.45) is 0. The fourth-order valence-electron chi connectivity index (χ4n) is 2.73. The maximum Gasteiger partial charge on any atom is 0.231 e. The van der Waals surface area contributed by atoms with E-state index in [-0.39, 0.29) is 6.79 Å². The number of hydrogen-bond donors (Lipinski definition) is 0. The van der Waals surface area contributed by atoms with Gasteiger partial charge in [0, 0.05) is 33.4 Å². The van der Waals surface area contributed by atoms with Crippen LogP contribution in [0.15, 0.2) is 46.0 Å². The first-order valence-corrected chi connectivity index (χ1v) is 10.2. The van der Waals surface area contributed by atoms with Crippen molar-refractivity contribution in [2.45, 2.75) is 24.4 Å². The Morgan fingerprint density at radius 1 is 1.19 bits per heavy atom. The molecule has 0 saturated heterocycles. The predicted octanol–water partition coefficient (Wildman–Crippen LogP) is 5.40. The molecule has 0 spiro atoms. The third-order valence-corrected chi connectivity index (χ3v) is 6.11. The molecule has 0 atom stereocenters. The molecular formula is C18H15BrClN3O2S. The summed E-state index contributed by atoms with van der Waals surface area (Å²) in [7, 11) is 0. The number of nitrogens with zero attached hydrogens (tertiary/aromatic N) is 3. The van der Waals surface area contributed by atoms with Crippen molar-refractivity contribution in [3.8, 4) is 22.9 Å². The maximum atomic E-state index is 6.37. The summed E-state index contributed by atoms with van der Waals surface area (Å²) >= 11 is 11.6. The van der Waals surface area contributed by atoms with E-state index in [1.54, 1.807) is 17.8 Å². The van der Waals surface area contributed by atoms with Gasteiger partial charge in [-0.05, 0) is 24.6 Å². The average Bonchev–Trinajstić information content (AvgIpc) is 3.26. The molecule has 1 aliphatic heterocycles. The van der Waals surface area contributed by atoms with Crippen LogP contribution in [0.2, 0.25) is 5.02 Å². The van der Waals surface area contributed by atoms with Gasteiger partial charge in [0.25, 0.3) is 0 Å². The Morgan fingerprint density at radius 2 is 1.96 bits per heavy atom. The Morgan fingerprint density at radius 3 is 2.73 bits per heavy atom. The lowest BCUT2D eigenvalue weighted by Gasteiger charge is -2.09. The number of benzene rings is 2. The molecule has 8 heteroatoms. The minimum absolute atomic E-state index is 0.238. The molecule has 3 aromatic rings. The molecule has 2 heterocycles. The van der Waals surface area contributed by atoms with Crippen molar-refractivity contribution in [2.24, 2.45) is 0 Å². The van der Waals surface area contributed by atoms with Gasteiger partial charge in [-0.1, -0.05) is 57.5 Å². The van der Waals surface area contributed by atoms with Crippen molar-refractivity contribution < 1.29 is 9.47 Å². The van der Waals surface area contributed by atoms with Crippen LogP contribution >= 0.6 is 39.3 Å². The standard InChI is InChI=1S/C18H15BrClN3O2S/c1-2-23-17(12-5-3-4-6-13(12)19)21-22-18(23)26-9-11-7-15-16(8-14(11)20)25-10-24-15/h3-8H,2,9-10H2,1H3. The molecule has 2 aromatic carbocycles. The lowest BCUT2D eigenvalue weighted by molar-refractivity contribution is 0.174. The SMILES string of the molecule is CCn1c(SCc2cc3c(cc2Cl)OCO3)nnc1-c1ccccc1Br. The average molecular weight is 453 g/mol. The number of hydrogen-bond acceptors (Lipinski definition) is 5. The van der Waals surface area contributed by atoms with Crippen molar-refractivity contribution in [1.82, 2.24) is 14.8 Å². The van der Waals surface area contributed by atoms with Crippen LogP contribution in [0.3, 0.4) is 0 Å². The molecule has 134 valence electrons. The summed E-state index contributed by atoms with van der Waals surface area (Å²) in [6, 6.07) is 11.7. The van der Waals surface area contributed by atoms with Crippen LogP contribution in [0.4, 0.5) is 0 Å². The van der Waals surface area contributed by atoms with Crippen LogP contribution < -0.4 is 9.47 Å². The summed E-state index contributed by atoms with van der Waals surface area (Å²) in [6.45, 7) is 3.10. The van der Waals surface area contributed by atoms with E-state index < -0.39 is 0 Å². The molecule has 1 aliphatic rings. The second kappa shape index (κ2) is 7.50. The summed E-state index contributed by atoms with van der Waals surface area (Å²) in [5.74, 6) is 2.94. The van der Waals surface area contributed by atoms with Gasteiger partial charge in [-0.15, -0.1) is 10.2 Å². The van der Waals surface area contributed by atoms with Gasteiger partial charge in [0.15, 0.2) is 22.5 Å². The van der Waals surface area contributed by atoms with Crippen LogP contribution in [0.1, 0.15) is 12.5 Å². The fraction of sp³-hybridized carbons (Fsp3) is 0.222. The number of fused-ring (bicyclic) bond motifs is 1. The van der Waals surface area contributed by atoms with E-state index in [2.05, 4.69) is 37.6 Å². The van der Waals surface area contributed by atoms with Crippen LogP contribution in [0, 0.1) is 0 Å². The number of aromatic nitrogens is 3. The van der Waals surface area contributed by atoms with E-state index >= 15 is 0 Å². The first-order valence-electron chi connectivity index (χ1n) is 8.06. The van der Waals surface area contributed by atoms with Gasteiger partial charge in [0.05, 0.1) is 0 Å². The van der Waals surface area contributed by atoms with Gasteiger partial charge < -0.3 is 14.0 Å². The first-order chi connectivity index (χ1) is 12.7. The molecular weight excluding hydrogens is 438 g/mol. The largest absolute Gasteiger partial charge is 0.454 e. The molecule has 0 saturated carbocycles. The van der Waals surface area contributed by atoms with Gasteiger partial charge in [-0.3, -0.25) is 0 Å².